The molecule has 2 aromatic carbocycles. The lowest BCUT2D eigenvalue weighted by Gasteiger charge is -2.31. The van der Waals surface area contributed by atoms with E-state index in [0.29, 0.717) is 11.4 Å². The van der Waals surface area contributed by atoms with Crippen LogP contribution in [0.25, 0.3) is 0 Å². The lowest BCUT2D eigenvalue weighted by Crippen LogP contribution is -2.57. The van der Waals surface area contributed by atoms with E-state index < -0.39 is 70.3 Å². The Morgan fingerprint density at radius 2 is 1.48 bits per heavy atom. The van der Waals surface area contributed by atoms with Gasteiger partial charge < -0.3 is 30.9 Å². The van der Waals surface area contributed by atoms with Gasteiger partial charge in [-0.15, -0.1) is 0 Å². The average molecular weight is 715 g/mol. The highest BCUT2D eigenvalue weighted by molar-refractivity contribution is 7.92. The Bertz CT molecular complexity index is 1630. The molecule has 3 rings (SSSR count). The Labute approximate surface area is 294 Å². The Morgan fingerprint density at radius 3 is 2.02 bits per heavy atom. The topological polar surface area (TPSA) is 183 Å². The van der Waals surface area contributed by atoms with Crippen molar-refractivity contribution in [1.82, 2.24) is 26.2 Å². The van der Waals surface area contributed by atoms with Gasteiger partial charge in [0.15, 0.2) is 0 Å². The zero-order chi connectivity index (χ0) is 37.3. The van der Waals surface area contributed by atoms with Crippen LogP contribution in [0.4, 0.5) is 5.69 Å². The molecule has 15 heteroatoms. The van der Waals surface area contributed by atoms with Gasteiger partial charge in [-0.1, -0.05) is 39.8 Å². The summed E-state index contributed by atoms with van der Waals surface area (Å²) in [6.45, 7) is 8.52. The Hall–Kier alpha value is -4.66. The summed E-state index contributed by atoms with van der Waals surface area (Å²) in [6.07, 6.45) is 1.42. The van der Waals surface area contributed by atoms with Crippen LogP contribution in [0.1, 0.15) is 57.0 Å². The van der Waals surface area contributed by atoms with Gasteiger partial charge in [-0.3, -0.25) is 28.3 Å². The zero-order valence-corrected chi connectivity index (χ0v) is 30.8. The van der Waals surface area contributed by atoms with Crippen molar-refractivity contribution in [2.75, 3.05) is 37.8 Å². The molecule has 1 saturated heterocycles. The first-order chi connectivity index (χ1) is 23.4. The number of carbonyl (C=O) groups is 5. The second kappa shape index (κ2) is 17.3. The molecule has 50 heavy (non-hydrogen) atoms. The van der Waals surface area contributed by atoms with Crippen molar-refractivity contribution < 1.29 is 37.1 Å². The molecule has 2 aromatic rings. The molecule has 1 aliphatic rings. The van der Waals surface area contributed by atoms with Crippen LogP contribution >= 0.6 is 0 Å². The Balaban J connectivity index is 1.99. The molecule has 0 unspecified atom stereocenters. The second-order valence-corrected chi connectivity index (χ2v) is 15.4. The molecule has 0 spiro atoms. The first kappa shape index (κ1) is 39.8. The molecule has 0 bridgehead atoms. The summed E-state index contributed by atoms with van der Waals surface area (Å²) in [4.78, 5) is 69.6. The number of nitrogens with one attached hydrogen (secondary N) is 4. The molecule has 0 aliphatic carbocycles. The number of ether oxygens (including phenoxy) is 1. The van der Waals surface area contributed by atoms with Crippen LogP contribution in [-0.2, 0) is 35.6 Å². The zero-order valence-electron chi connectivity index (χ0n) is 30.0. The lowest BCUT2D eigenvalue weighted by atomic mass is 10.0. The maximum atomic E-state index is 13.9. The predicted octanol–water partition coefficient (Wildman–Crippen LogP) is 1.45. The van der Waals surface area contributed by atoms with Gasteiger partial charge in [-0.05, 0) is 67.1 Å². The summed E-state index contributed by atoms with van der Waals surface area (Å²) in [6, 6.07) is 9.18. The number of hydrogen-bond donors (Lipinski definition) is 4. The predicted molar refractivity (Wildman–Crippen MR) is 190 cm³/mol. The number of amides is 5. The molecule has 4 N–H and O–H groups in total. The number of nitrogens with zero attached hydrogens (tertiary/aromatic N) is 2. The maximum absolute atomic E-state index is 13.9. The summed E-state index contributed by atoms with van der Waals surface area (Å²) >= 11 is 0. The number of rotatable bonds is 9. The van der Waals surface area contributed by atoms with Gasteiger partial charge in [0, 0.05) is 31.6 Å². The minimum absolute atomic E-state index is 0.0181. The monoisotopic (exact) mass is 714 g/mol. The van der Waals surface area contributed by atoms with Crippen LogP contribution in [0, 0.1) is 11.8 Å². The molecule has 0 saturated carbocycles. The molecule has 1 aliphatic heterocycles. The minimum atomic E-state index is -3.54. The normalized spacial score (nSPS) is 21.4. The number of benzene rings is 2. The molecular formula is C35H50N6O8S. The van der Waals surface area contributed by atoms with Gasteiger partial charge in [-0.2, -0.15) is 0 Å². The SMILES string of the molecule is COc1ccc(C[C@@H]2NC(=O)[C@H](CC(C)C)NC(=O)CN(C(=O)c3ccc(N(C)S(C)(=O)=O)cc3)C[C@H](C(C)C)NC(=O)[C@@H](C)NC2=O)cc1. The number of anilines is 1. The number of carbonyl (C=O) groups excluding carboxylic acids is 5. The van der Waals surface area contributed by atoms with E-state index in [1.54, 1.807) is 24.3 Å². The van der Waals surface area contributed by atoms with E-state index in [4.69, 9.17) is 4.74 Å². The molecule has 0 radical (unpaired) electrons. The average Bonchev–Trinajstić information content (AvgIpc) is 3.05. The lowest BCUT2D eigenvalue weighted by molar-refractivity contribution is -0.133. The molecular weight excluding hydrogens is 664 g/mol. The van der Waals surface area contributed by atoms with Crippen molar-refractivity contribution in [2.45, 2.75) is 71.6 Å². The van der Waals surface area contributed by atoms with Crippen LogP contribution in [0.2, 0.25) is 0 Å². The Kier molecular flexibility index (Phi) is 13.8. The third-order valence-electron chi connectivity index (χ3n) is 8.49. The van der Waals surface area contributed by atoms with Crippen molar-refractivity contribution in [3.63, 3.8) is 0 Å². The first-order valence-corrected chi connectivity index (χ1v) is 18.4. The molecule has 14 nitrogen and oxygen atoms in total. The minimum Gasteiger partial charge on any atom is -0.497 e. The van der Waals surface area contributed by atoms with E-state index >= 15 is 0 Å². The van der Waals surface area contributed by atoms with Gasteiger partial charge in [0.1, 0.15) is 23.9 Å². The van der Waals surface area contributed by atoms with Crippen LogP contribution in [0.15, 0.2) is 48.5 Å². The second-order valence-electron chi connectivity index (χ2n) is 13.4. The smallest absolute Gasteiger partial charge is 0.254 e. The Morgan fingerprint density at radius 1 is 0.880 bits per heavy atom. The van der Waals surface area contributed by atoms with E-state index in [0.717, 1.165) is 16.1 Å². The summed E-state index contributed by atoms with van der Waals surface area (Å²) in [5, 5.41) is 11.2. The van der Waals surface area contributed by atoms with E-state index in [1.165, 1.54) is 50.2 Å². The van der Waals surface area contributed by atoms with Gasteiger partial charge in [0.25, 0.3) is 5.91 Å². The van der Waals surface area contributed by atoms with Gasteiger partial charge >= 0.3 is 0 Å². The van der Waals surface area contributed by atoms with Gasteiger partial charge in [0.05, 0.1) is 25.6 Å². The summed E-state index contributed by atoms with van der Waals surface area (Å²) in [5.41, 5.74) is 1.26. The summed E-state index contributed by atoms with van der Waals surface area (Å²) < 4.78 is 30.3. The summed E-state index contributed by atoms with van der Waals surface area (Å²) in [7, 11) is -0.605. The van der Waals surface area contributed by atoms with E-state index in [-0.39, 0.29) is 36.8 Å². The highest BCUT2D eigenvalue weighted by Crippen LogP contribution is 2.19. The van der Waals surface area contributed by atoms with E-state index in [2.05, 4.69) is 21.3 Å². The molecule has 1 fully saturated rings. The summed E-state index contributed by atoms with van der Waals surface area (Å²) in [5.74, 6) is -2.41. The highest BCUT2D eigenvalue weighted by atomic mass is 32.2. The van der Waals surface area contributed by atoms with Crippen molar-refractivity contribution in [3.05, 3.63) is 59.7 Å². The molecule has 1 heterocycles. The first-order valence-electron chi connectivity index (χ1n) is 16.6. The number of methoxy groups -OCH3 is 1. The van der Waals surface area contributed by atoms with Crippen LogP contribution in [0.3, 0.4) is 0 Å². The van der Waals surface area contributed by atoms with Crippen LogP contribution in [0.5, 0.6) is 5.75 Å². The van der Waals surface area contributed by atoms with Crippen molar-refractivity contribution >= 4 is 45.2 Å². The van der Waals surface area contributed by atoms with Gasteiger partial charge in [0.2, 0.25) is 33.7 Å². The fraction of sp³-hybridized carbons (Fsp3) is 0.514. The van der Waals surface area contributed by atoms with Crippen LogP contribution in [-0.4, -0.2) is 101 Å². The number of hydrogen-bond acceptors (Lipinski definition) is 8. The quantitative estimate of drug-likeness (QED) is 0.301. The fourth-order valence-electron chi connectivity index (χ4n) is 5.35. The van der Waals surface area contributed by atoms with Crippen molar-refractivity contribution in [1.29, 1.82) is 0 Å². The fourth-order valence-corrected chi connectivity index (χ4v) is 5.85. The highest BCUT2D eigenvalue weighted by Gasteiger charge is 2.33. The molecule has 0 aromatic heterocycles. The van der Waals surface area contributed by atoms with E-state index in [9.17, 15) is 32.4 Å². The molecule has 5 amide bonds. The maximum Gasteiger partial charge on any atom is 0.254 e. The standard InChI is InChI=1S/C35H50N6O8S/c1-21(2)17-28-34(45)38-29(18-24-9-15-27(49-7)16-10-24)33(44)36-23(5)32(43)39-30(22(3)4)19-41(20-31(42)37-28)35(46)25-11-13-26(14-12-25)40(6)50(8,47)48/h9-16,21-23,28-30H,17-20H2,1-8H3,(H,36,44)(H,37,42)(H,38,45)(H,39,43)/t23-,28+,29+,30-/m1/s1. The third kappa shape index (κ3) is 11.2. The number of sulfonamides is 1. The largest absolute Gasteiger partial charge is 0.497 e. The van der Waals surface area contributed by atoms with Crippen molar-refractivity contribution in [2.24, 2.45) is 11.8 Å². The van der Waals surface area contributed by atoms with Crippen LogP contribution < -0.4 is 30.3 Å². The van der Waals surface area contributed by atoms with Crippen molar-refractivity contribution in [3.8, 4) is 5.75 Å². The molecule has 4 atom stereocenters. The molecule has 274 valence electrons. The third-order valence-corrected chi connectivity index (χ3v) is 9.69. The van der Waals surface area contributed by atoms with Gasteiger partial charge in [-0.25, -0.2) is 8.42 Å². The van der Waals surface area contributed by atoms with E-state index in [1.807, 2.05) is 27.7 Å².